The number of pyridine rings is 2. The number of anilines is 4. The molecule has 10 N–H and O–H groups in total. The number of fused-ring (bicyclic) bond motifs is 6. The number of benzene rings is 4. The Morgan fingerprint density at radius 2 is 0.939 bits per heavy atom. The number of nitrogens with one attached hydrogen (secondary N) is 2. The van der Waals surface area contributed by atoms with Gasteiger partial charge in [0.25, 0.3) is 0 Å². The van der Waals surface area contributed by atoms with Gasteiger partial charge < -0.3 is 42.7 Å². The number of hydrogen-bond donors (Lipinski definition) is 6. The minimum atomic E-state index is -0.138. The average molecular weight is 887 g/mol. The fraction of sp³-hybridized carbons (Fsp3) is 0.346. The van der Waals surface area contributed by atoms with Crippen molar-refractivity contribution in [3.05, 3.63) is 119 Å². The van der Waals surface area contributed by atoms with Gasteiger partial charge in [-0.05, 0) is 83.3 Å². The fourth-order valence-corrected chi connectivity index (χ4v) is 8.80. The molecular weight excluding hydrogens is 825 g/mol. The highest BCUT2D eigenvalue weighted by molar-refractivity contribution is 6.09. The molecule has 8 rings (SSSR count). The number of hydrogen-bond acceptors (Lipinski definition) is 10. The number of rotatable bonds is 19. The van der Waals surface area contributed by atoms with Crippen molar-refractivity contribution in [1.82, 2.24) is 29.1 Å². The first-order valence-corrected chi connectivity index (χ1v) is 23.3. The Morgan fingerprint density at radius 1 is 0.561 bits per heavy atom. The SMILES string of the molecule is CCCCc1nc2c(N)nc3ccc(NC(=O)CC(C)C(C)CC(=O)Nc4ccc5nc(N)c6nc(CCCC)n(Cc7ccc(CN)cc7)c6c5c4)cc3c2n1Cc1ccc(CN)cc1. The molecule has 4 aromatic heterocycles. The second-order valence-electron chi connectivity index (χ2n) is 17.8. The number of carbonyl (C=O) groups excluding carboxylic acids is 2. The van der Waals surface area contributed by atoms with Crippen molar-refractivity contribution in [2.45, 2.75) is 105 Å². The first-order chi connectivity index (χ1) is 32.0. The smallest absolute Gasteiger partial charge is 0.224 e. The van der Waals surface area contributed by atoms with Crippen LogP contribution in [0.25, 0.3) is 43.9 Å². The van der Waals surface area contributed by atoms with E-state index in [9.17, 15) is 9.59 Å². The Morgan fingerprint density at radius 3 is 1.30 bits per heavy atom. The maximum atomic E-state index is 13.6. The Hall–Kier alpha value is -6.90. The molecular formula is C52H62N12O2. The quantitative estimate of drug-likeness (QED) is 0.0452. The molecule has 4 heterocycles. The van der Waals surface area contributed by atoms with Gasteiger partial charge in [-0.1, -0.05) is 89.1 Å². The highest BCUT2D eigenvalue weighted by Gasteiger charge is 2.23. The van der Waals surface area contributed by atoms with Crippen LogP contribution in [0.5, 0.6) is 0 Å². The predicted molar refractivity (Wildman–Crippen MR) is 268 cm³/mol. The van der Waals surface area contributed by atoms with E-state index < -0.39 is 0 Å². The van der Waals surface area contributed by atoms with E-state index in [-0.39, 0.29) is 36.5 Å². The van der Waals surface area contributed by atoms with Gasteiger partial charge in [0.05, 0.1) is 22.1 Å². The number of aryl methyl sites for hydroxylation is 2. The maximum Gasteiger partial charge on any atom is 0.224 e. The van der Waals surface area contributed by atoms with Crippen molar-refractivity contribution in [3.8, 4) is 0 Å². The summed E-state index contributed by atoms with van der Waals surface area (Å²) in [6, 6.07) is 28.0. The van der Waals surface area contributed by atoms with Crippen LogP contribution in [-0.4, -0.2) is 40.9 Å². The van der Waals surface area contributed by atoms with Crippen molar-refractivity contribution in [1.29, 1.82) is 0 Å². The third-order valence-electron chi connectivity index (χ3n) is 12.8. The monoisotopic (exact) mass is 887 g/mol. The molecule has 0 saturated carbocycles. The molecule has 2 atom stereocenters. The molecule has 2 unspecified atom stereocenters. The van der Waals surface area contributed by atoms with Gasteiger partial charge in [-0.3, -0.25) is 9.59 Å². The molecule has 0 aliphatic carbocycles. The van der Waals surface area contributed by atoms with Crippen LogP contribution in [0, 0.1) is 11.8 Å². The number of carbonyl (C=O) groups is 2. The van der Waals surface area contributed by atoms with Gasteiger partial charge in [-0.25, -0.2) is 19.9 Å². The average Bonchev–Trinajstić information content (AvgIpc) is 3.87. The van der Waals surface area contributed by atoms with E-state index in [4.69, 9.17) is 42.9 Å². The van der Waals surface area contributed by atoms with Gasteiger partial charge in [0.2, 0.25) is 11.8 Å². The Balaban J connectivity index is 0.974. The van der Waals surface area contributed by atoms with E-state index in [2.05, 4.69) is 82.1 Å². The molecule has 4 aromatic carbocycles. The summed E-state index contributed by atoms with van der Waals surface area (Å²) >= 11 is 0. The van der Waals surface area contributed by atoms with Crippen LogP contribution in [0.15, 0.2) is 84.9 Å². The first-order valence-electron chi connectivity index (χ1n) is 23.3. The van der Waals surface area contributed by atoms with Crippen LogP contribution in [0.4, 0.5) is 23.0 Å². The van der Waals surface area contributed by atoms with Crippen molar-refractivity contribution < 1.29 is 9.59 Å². The van der Waals surface area contributed by atoms with Gasteiger partial charge in [-0.2, -0.15) is 0 Å². The number of nitrogen functional groups attached to an aromatic ring is 2. The minimum absolute atomic E-state index is 0.0872. The van der Waals surface area contributed by atoms with Crippen LogP contribution < -0.4 is 33.6 Å². The second kappa shape index (κ2) is 20.1. The lowest BCUT2D eigenvalue weighted by molar-refractivity contribution is -0.119. The lowest BCUT2D eigenvalue weighted by Gasteiger charge is -2.19. The molecule has 8 aromatic rings. The molecule has 14 nitrogen and oxygen atoms in total. The predicted octanol–water partition coefficient (Wildman–Crippen LogP) is 8.98. The van der Waals surface area contributed by atoms with Gasteiger partial charge in [-0.15, -0.1) is 0 Å². The van der Waals surface area contributed by atoms with E-state index in [1.54, 1.807) is 0 Å². The minimum Gasteiger partial charge on any atom is -0.382 e. The van der Waals surface area contributed by atoms with Crippen LogP contribution >= 0.6 is 0 Å². The Bertz CT molecular complexity index is 2820. The van der Waals surface area contributed by atoms with Crippen molar-refractivity contribution in [3.63, 3.8) is 0 Å². The van der Waals surface area contributed by atoms with Gasteiger partial charge in [0.15, 0.2) is 11.6 Å². The maximum absolute atomic E-state index is 13.6. The molecule has 342 valence electrons. The Kier molecular flexibility index (Phi) is 13.9. The second-order valence-corrected chi connectivity index (χ2v) is 17.8. The van der Waals surface area contributed by atoms with Gasteiger partial charge in [0, 0.05) is 74.0 Å². The fourth-order valence-electron chi connectivity index (χ4n) is 8.80. The number of amides is 2. The van der Waals surface area contributed by atoms with Crippen LogP contribution in [0.3, 0.4) is 0 Å². The van der Waals surface area contributed by atoms with E-state index in [1.165, 1.54) is 0 Å². The van der Waals surface area contributed by atoms with Gasteiger partial charge >= 0.3 is 0 Å². The summed E-state index contributed by atoms with van der Waals surface area (Å²) in [6.45, 7) is 10.5. The number of nitrogens with zero attached hydrogens (tertiary/aromatic N) is 6. The molecule has 0 fully saturated rings. The summed E-state index contributed by atoms with van der Waals surface area (Å²) in [7, 11) is 0. The third-order valence-corrected chi connectivity index (χ3v) is 12.8. The van der Waals surface area contributed by atoms with E-state index in [0.717, 1.165) is 105 Å². The molecule has 0 spiro atoms. The molecule has 0 bridgehead atoms. The largest absolute Gasteiger partial charge is 0.382 e. The molecule has 0 aliphatic heterocycles. The topological polar surface area (TPSA) is 224 Å². The summed E-state index contributed by atoms with van der Waals surface area (Å²) in [5, 5.41) is 7.96. The molecule has 66 heavy (non-hydrogen) atoms. The van der Waals surface area contributed by atoms with Crippen LogP contribution in [-0.2, 0) is 48.6 Å². The Labute approximate surface area is 385 Å². The summed E-state index contributed by atoms with van der Waals surface area (Å²) in [4.78, 5) is 46.7. The normalized spacial score (nSPS) is 12.6. The third kappa shape index (κ3) is 9.85. The van der Waals surface area contributed by atoms with Crippen LogP contribution in [0.2, 0.25) is 0 Å². The summed E-state index contributed by atoms with van der Waals surface area (Å²) in [6.07, 6.45) is 6.11. The summed E-state index contributed by atoms with van der Waals surface area (Å²) in [5.74, 6) is 2.20. The summed E-state index contributed by atoms with van der Waals surface area (Å²) in [5.41, 5.74) is 35.0. The lowest BCUT2D eigenvalue weighted by atomic mass is 9.89. The highest BCUT2D eigenvalue weighted by atomic mass is 16.2. The summed E-state index contributed by atoms with van der Waals surface area (Å²) < 4.78 is 4.47. The first kappa shape index (κ1) is 45.7. The molecule has 0 saturated heterocycles. The number of unbranched alkanes of at least 4 members (excludes halogenated alkanes) is 2. The zero-order chi connectivity index (χ0) is 46.5. The number of imidazole rings is 2. The number of aromatic nitrogens is 6. The van der Waals surface area contributed by atoms with Crippen molar-refractivity contribution in [2.75, 3.05) is 22.1 Å². The molecule has 0 radical (unpaired) electrons. The standard InChI is InChI=1S/C52H62N12O2/c1-5-7-9-43-61-47-49(63(43)29-35-15-11-33(27-53)12-16-35)39-25-37(19-21-41(39)59-51(47)55)57-45(65)23-31(3)32(4)24-46(66)58-38-20-22-42-40(26-38)50-48(52(56)60-42)62-44(10-8-6-2)64(50)30-36-17-13-34(28-54)14-18-36/h11-22,25-26,31-32H,5-10,23-24,27-30,53-54H2,1-4H3,(H2,55,59)(H2,56,60)(H,57,65)(H,58,66). The zero-order valence-electron chi connectivity index (χ0n) is 38.5. The van der Waals surface area contributed by atoms with Gasteiger partial charge in [0.1, 0.15) is 22.7 Å². The molecule has 2 amide bonds. The molecule has 0 aliphatic rings. The zero-order valence-corrected chi connectivity index (χ0v) is 38.5. The van der Waals surface area contributed by atoms with Crippen molar-refractivity contribution >= 4 is 78.7 Å². The van der Waals surface area contributed by atoms with E-state index >= 15 is 0 Å². The van der Waals surface area contributed by atoms with E-state index in [1.807, 2.05) is 50.2 Å². The molecule has 14 heteroatoms. The van der Waals surface area contributed by atoms with Crippen molar-refractivity contribution in [2.24, 2.45) is 23.3 Å². The lowest BCUT2D eigenvalue weighted by Crippen LogP contribution is -2.23. The number of nitrogens with two attached hydrogens (primary N) is 4. The van der Waals surface area contributed by atoms with Crippen LogP contribution in [0.1, 0.15) is 100 Å². The van der Waals surface area contributed by atoms with E-state index in [0.29, 0.717) is 60.2 Å². The highest BCUT2D eigenvalue weighted by Crippen LogP contribution is 2.34.